The first kappa shape index (κ1) is 20.9. The average Bonchev–Trinajstić information content (AvgIpc) is 2.69. The van der Waals surface area contributed by atoms with Crippen LogP contribution in [0.15, 0.2) is 49.3 Å². The van der Waals surface area contributed by atoms with Crippen LogP contribution in [-0.2, 0) is 10.0 Å². The molecule has 3 N–H and O–H groups in total. The molecule has 1 saturated carbocycles. The van der Waals surface area contributed by atoms with Crippen molar-refractivity contribution in [2.24, 2.45) is 0 Å². The maximum atomic E-state index is 13.0. The van der Waals surface area contributed by atoms with Crippen LogP contribution in [0.25, 0.3) is 11.0 Å². The summed E-state index contributed by atoms with van der Waals surface area (Å²) in [5, 5.41) is 0. The van der Waals surface area contributed by atoms with Gasteiger partial charge in [0.1, 0.15) is 0 Å². The molecule has 1 heterocycles. The molecule has 158 valence electrons. The SMILES string of the molecule is Cc1cc2[nH]c(=O)c(=O)[nH]c2cc1S(=O)(=O)Nc1ccc(C2CCCCC2)c(Br)c1. The van der Waals surface area contributed by atoms with E-state index in [4.69, 9.17) is 0 Å². The molecule has 30 heavy (non-hydrogen) atoms. The number of hydrogen-bond acceptors (Lipinski definition) is 4. The van der Waals surface area contributed by atoms with Gasteiger partial charge >= 0.3 is 11.1 Å². The van der Waals surface area contributed by atoms with Crippen molar-refractivity contribution in [3.8, 4) is 0 Å². The highest BCUT2D eigenvalue weighted by molar-refractivity contribution is 9.10. The second-order valence-electron chi connectivity index (χ2n) is 7.75. The lowest BCUT2D eigenvalue weighted by Crippen LogP contribution is -2.29. The van der Waals surface area contributed by atoms with Crippen LogP contribution in [0.2, 0.25) is 0 Å². The van der Waals surface area contributed by atoms with E-state index in [9.17, 15) is 18.0 Å². The molecule has 1 aliphatic rings. The average molecular weight is 492 g/mol. The topological polar surface area (TPSA) is 112 Å². The van der Waals surface area contributed by atoms with Gasteiger partial charge in [-0.1, -0.05) is 41.3 Å². The van der Waals surface area contributed by atoms with Crippen LogP contribution in [-0.4, -0.2) is 18.4 Å². The molecule has 9 heteroatoms. The summed E-state index contributed by atoms with van der Waals surface area (Å²) in [5.74, 6) is 0.500. The van der Waals surface area contributed by atoms with Crippen LogP contribution in [0.4, 0.5) is 5.69 Å². The van der Waals surface area contributed by atoms with Gasteiger partial charge in [-0.2, -0.15) is 0 Å². The zero-order valence-electron chi connectivity index (χ0n) is 16.4. The molecule has 0 spiro atoms. The van der Waals surface area contributed by atoms with Gasteiger partial charge in [0.2, 0.25) is 0 Å². The number of rotatable bonds is 4. The molecule has 0 bridgehead atoms. The fourth-order valence-electron chi connectivity index (χ4n) is 4.09. The first-order valence-electron chi connectivity index (χ1n) is 9.84. The van der Waals surface area contributed by atoms with E-state index >= 15 is 0 Å². The minimum Gasteiger partial charge on any atom is -0.316 e. The minimum absolute atomic E-state index is 0.0326. The van der Waals surface area contributed by atoms with Gasteiger partial charge in [0.05, 0.1) is 15.9 Å². The lowest BCUT2D eigenvalue weighted by atomic mass is 9.84. The highest BCUT2D eigenvalue weighted by Gasteiger charge is 2.21. The van der Waals surface area contributed by atoms with E-state index in [0.29, 0.717) is 22.7 Å². The number of fused-ring (bicyclic) bond motifs is 1. The number of nitrogens with one attached hydrogen (secondary N) is 3. The van der Waals surface area contributed by atoms with Crippen molar-refractivity contribution >= 4 is 42.7 Å². The fraction of sp³-hybridized carbons (Fsp3) is 0.333. The Balaban J connectivity index is 1.66. The Labute approximate surface area is 182 Å². The number of sulfonamides is 1. The molecule has 1 fully saturated rings. The summed E-state index contributed by atoms with van der Waals surface area (Å²) in [7, 11) is -3.90. The van der Waals surface area contributed by atoms with E-state index in [1.165, 1.54) is 37.0 Å². The number of H-pyrrole nitrogens is 2. The standard InChI is InChI=1S/C21H22BrN3O4S/c1-12-9-17-18(24-21(27)20(26)23-17)11-19(12)30(28,29)25-14-7-8-15(16(22)10-14)13-5-3-2-4-6-13/h7-11,13,25H,2-6H2,1H3,(H,23,26)(H,24,27). The number of benzene rings is 2. The maximum absolute atomic E-state index is 13.0. The molecule has 0 saturated heterocycles. The van der Waals surface area contributed by atoms with Crippen LogP contribution in [0.1, 0.15) is 49.1 Å². The molecule has 1 aromatic heterocycles. The third kappa shape index (κ3) is 4.09. The molecular weight excluding hydrogens is 470 g/mol. The largest absolute Gasteiger partial charge is 0.316 e. The fourth-order valence-corrected chi connectivity index (χ4v) is 6.09. The van der Waals surface area contributed by atoms with Crippen molar-refractivity contribution in [2.45, 2.75) is 49.8 Å². The highest BCUT2D eigenvalue weighted by atomic mass is 79.9. The van der Waals surface area contributed by atoms with Gasteiger partial charge in [0, 0.05) is 10.2 Å². The molecule has 0 unspecified atom stereocenters. The van der Waals surface area contributed by atoms with Gasteiger partial charge in [-0.15, -0.1) is 0 Å². The molecule has 0 aliphatic heterocycles. The second kappa shape index (κ2) is 8.03. The first-order chi connectivity index (χ1) is 14.2. The molecule has 3 aromatic rings. The molecule has 1 aliphatic carbocycles. The number of hydrogen-bond donors (Lipinski definition) is 3. The van der Waals surface area contributed by atoms with Gasteiger partial charge in [-0.05, 0) is 61.1 Å². The van der Waals surface area contributed by atoms with Crippen molar-refractivity contribution in [3.63, 3.8) is 0 Å². The van der Waals surface area contributed by atoms with Crippen molar-refractivity contribution in [1.29, 1.82) is 0 Å². The van der Waals surface area contributed by atoms with E-state index in [1.807, 2.05) is 6.07 Å². The number of halogens is 1. The molecule has 0 radical (unpaired) electrons. The summed E-state index contributed by atoms with van der Waals surface area (Å²) in [4.78, 5) is 28.0. The van der Waals surface area contributed by atoms with Gasteiger partial charge < -0.3 is 9.97 Å². The van der Waals surface area contributed by atoms with Crippen molar-refractivity contribution in [3.05, 3.63) is 66.6 Å². The molecule has 0 atom stereocenters. The monoisotopic (exact) mass is 491 g/mol. The lowest BCUT2D eigenvalue weighted by molar-refractivity contribution is 0.442. The van der Waals surface area contributed by atoms with Gasteiger partial charge in [0.15, 0.2) is 0 Å². The summed E-state index contributed by atoms with van der Waals surface area (Å²) in [5.41, 5.74) is 1.13. The highest BCUT2D eigenvalue weighted by Crippen LogP contribution is 2.37. The van der Waals surface area contributed by atoms with E-state index in [2.05, 4.69) is 30.6 Å². The molecule has 2 aromatic carbocycles. The van der Waals surface area contributed by atoms with Crippen molar-refractivity contribution < 1.29 is 8.42 Å². The lowest BCUT2D eigenvalue weighted by Gasteiger charge is -2.23. The molecular formula is C21H22BrN3O4S. The Kier molecular flexibility index (Phi) is 5.59. The maximum Gasteiger partial charge on any atom is 0.314 e. The third-order valence-corrected chi connectivity index (χ3v) is 7.81. The summed E-state index contributed by atoms with van der Waals surface area (Å²) in [6.07, 6.45) is 6.02. The van der Waals surface area contributed by atoms with Crippen molar-refractivity contribution in [1.82, 2.24) is 9.97 Å². The second-order valence-corrected chi connectivity index (χ2v) is 10.3. The zero-order valence-corrected chi connectivity index (χ0v) is 18.8. The third-order valence-electron chi connectivity index (χ3n) is 5.60. The molecule has 4 rings (SSSR count). The Morgan fingerprint density at radius 3 is 2.23 bits per heavy atom. The Bertz CT molecular complexity index is 1340. The summed E-state index contributed by atoms with van der Waals surface area (Å²) < 4.78 is 29.6. The van der Waals surface area contributed by atoms with Crippen LogP contribution >= 0.6 is 15.9 Å². The predicted molar refractivity (Wildman–Crippen MR) is 121 cm³/mol. The minimum atomic E-state index is -3.90. The van der Waals surface area contributed by atoms with Crippen molar-refractivity contribution in [2.75, 3.05) is 4.72 Å². The number of aryl methyl sites for hydroxylation is 1. The quantitative estimate of drug-likeness (QED) is 0.476. The first-order valence-corrected chi connectivity index (χ1v) is 12.1. The van der Waals surface area contributed by atoms with Gasteiger partial charge in [0.25, 0.3) is 10.0 Å². The van der Waals surface area contributed by atoms with E-state index in [1.54, 1.807) is 19.1 Å². The predicted octanol–water partition coefficient (Wildman–Crippen LogP) is 4.14. The number of anilines is 1. The summed E-state index contributed by atoms with van der Waals surface area (Å²) >= 11 is 3.60. The van der Waals surface area contributed by atoms with Crippen LogP contribution < -0.4 is 15.8 Å². The van der Waals surface area contributed by atoms with E-state index in [0.717, 1.165) is 17.3 Å². The Morgan fingerprint density at radius 2 is 1.60 bits per heavy atom. The van der Waals surface area contributed by atoms with Crippen LogP contribution in [0.3, 0.4) is 0 Å². The van der Waals surface area contributed by atoms with Gasteiger partial charge in [-0.25, -0.2) is 8.42 Å². The normalized spacial score (nSPS) is 15.4. The smallest absolute Gasteiger partial charge is 0.314 e. The summed E-state index contributed by atoms with van der Waals surface area (Å²) in [6, 6.07) is 8.44. The van der Waals surface area contributed by atoms with E-state index in [-0.39, 0.29) is 10.4 Å². The van der Waals surface area contributed by atoms with Crippen LogP contribution in [0, 0.1) is 6.92 Å². The van der Waals surface area contributed by atoms with E-state index < -0.39 is 21.1 Å². The number of aromatic nitrogens is 2. The summed E-state index contributed by atoms with van der Waals surface area (Å²) in [6.45, 7) is 1.64. The Morgan fingerprint density at radius 1 is 0.967 bits per heavy atom. The molecule has 7 nitrogen and oxygen atoms in total. The zero-order chi connectivity index (χ0) is 21.5. The van der Waals surface area contributed by atoms with Crippen LogP contribution in [0.5, 0.6) is 0 Å². The molecule has 0 amide bonds. The van der Waals surface area contributed by atoms with Gasteiger partial charge in [-0.3, -0.25) is 14.3 Å². The number of aromatic amines is 2. The Hall–Kier alpha value is -2.39.